The quantitative estimate of drug-likeness (QED) is 0.762. The van der Waals surface area contributed by atoms with Crippen LogP contribution in [0.2, 0.25) is 0 Å². The summed E-state index contributed by atoms with van der Waals surface area (Å²) < 4.78 is 4.75. The normalized spacial score (nSPS) is 19.7. The van der Waals surface area contributed by atoms with E-state index in [0.29, 0.717) is 18.0 Å². The van der Waals surface area contributed by atoms with Gasteiger partial charge in [-0.05, 0) is 19.8 Å². The summed E-state index contributed by atoms with van der Waals surface area (Å²) in [6.45, 7) is 2.97. The molecule has 0 aliphatic carbocycles. The molecule has 6 heteroatoms. The molecule has 2 heterocycles. The van der Waals surface area contributed by atoms with E-state index in [1.807, 2.05) is 6.92 Å². The molecule has 1 amide bonds. The molecule has 1 aliphatic heterocycles. The SMILES string of the molecule is COC(=O)C1CCCN(C(=O)c2scnc2C)C1. The van der Waals surface area contributed by atoms with Crippen molar-refractivity contribution < 1.29 is 14.3 Å². The van der Waals surface area contributed by atoms with Crippen LogP contribution in [0.1, 0.15) is 28.2 Å². The lowest BCUT2D eigenvalue weighted by Crippen LogP contribution is -2.42. The van der Waals surface area contributed by atoms with Gasteiger partial charge in [0.25, 0.3) is 5.91 Å². The Morgan fingerprint density at radius 1 is 1.56 bits per heavy atom. The van der Waals surface area contributed by atoms with Crippen LogP contribution in [0.25, 0.3) is 0 Å². The monoisotopic (exact) mass is 268 g/mol. The van der Waals surface area contributed by atoms with Crippen LogP contribution in [-0.2, 0) is 9.53 Å². The number of aromatic nitrogens is 1. The van der Waals surface area contributed by atoms with E-state index in [1.54, 1.807) is 10.4 Å². The van der Waals surface area contributed by atoms with Crippen LogP contribution >= 0.6 is 11.3 Å². The van der Waals surface area contributed by atoms with Crippen LogP contribution in [0.4, 0.5) is 0 Å². The second-order valence-electron chi connectivity index (χ2n) is 4.38. The summed E-state index contributed by atoms with van der Waals surface area (Å²) in [5.74, 6) is -0.446. The number of ether oxygens (including phenoxy) is 1. The van der Waals surface area contributed by atoms with Crippen LogP contribution in [0.5, 0.6) is 0 Å². The molecule has 0 bridgehead atoms. The Labute approximate surface area is 110 Å². The van der Waals surface area contributed by atoms with Gasteiger partial charge in [-0.15, -0.1) is 11.3 Å². The van der Waals surface area contributed by atoms with E-state index in [9.17, 15) is 9.59 Å². The fourth-order valence-corrected chi connectivity index (χ4v) is 2.94. The molecule has 0 spiro atoms. The van der Waals surface area contributed by atoms with Gasteiger partial charge >= 0.3 is 5.97 Å². The summed E-state index contributed by atoms with van der Waals surface area (Å²) in [5, 5.41) is 0. The number of aryl methyl sites for hydroxylation is 1. The Balaban J connectivity index is 2.07. The molecule has 1 aliphatic rings. The van der Waals surface area contributed by atoms with Crippen molar-refractivity contribution in [1.82, 2.24) is 9.88 Å². The summed E-state index contributed by atoms with van der Waals surface area (Å²) >= 11 is 1.35. The first kappa shape index (κ1) is 13.0. The van der Waals surface area contributed by atoms with E-state index in [-0.39, 0.29) is 17.8 Å². The van der Waals surface area contributed by atoms with Crippen molar-refractivity contribution in [2.75, 3.05) is 20.2 Å². The van der Waals surface area contributed by atoms with Gasteiger partial charge in [-0.2, -0.15) is 0 Å². The van der Waals surface area contributed by atoms with Crippen LogP contribution in [0.3, 0.4) is 0 Å². The predicted molar refractivity (Wildman–Crippen MR) is 67.5 cm³/mol. The molecule has 2 rings (SSSR count). The van der Waals surface area contributed by atoms with E-state index < -0.39 is 0 Å². The number of methoxy groups -OCH3 is 1. The molecule has 1 fully saturated rings. The van der Waals surface area contributed by atoms with Crippen molar-refractivity contribution >= 4 is 23.2 Å². The minimum Gasteiger partial charge on any atom is -0.469 e. The molecule has 1 atom stereocenters. The highest BCUT2D eigenvalue weighted by atomic mass is 32.1. The Bertz CT molecular complexity index is 458. The van der Waals surface area contributed by atoms with Crippen molar-refractivity contribution in [2.45, 2.75) is 19.8 Å². The summed E-state index contributed by atoms with van der Waals surface area (Å²) in [7, 11) is 1.39. The zero-order valence-electron chi connectivity index (χ0n) is 10.5. The molecule has 5 nitrogen and oxygen atoms in total. The molecule has 1 unspecified atom stereocenters. The van der Waals surface area contributed by atoms with Gasteiger partial charge in [-0.1, -0.05) is 0 Å². The third kappa shape index (κ3) is 2.53. The zero-order chi connectivity index (χ0) is 13.1. The van der Waals surface area contributed by atoms with E-state index in [0.717, 1.165) is 18.5 Å². The molecule has 0 radical (unpaired) electrons. The third-order valence-electron chi connectivity index (χ3n) is 3.18. The highest BCUT2D eigenvalue weighted by Gasteiger charge is 2.30. The van der Waals surface area contributed by atoms with Gasteiger partial charge < -0.3 is 9.64 Å². The van der Waals surface area contributed by atoms with Crippen molar-refractivity contribution in [2.24, 2.45) is 5.92 Å². The number of rotatable bonds is 2. The number of hydrogen-bond donors (Lipinski definition) is 0. The highest BCUT2D eigenvalue weighted by Crippen LogP contribution is 2.22. The number of piperidine rings is 1. The summed E-state index contributed by atoms with van der Waals surface area (Å²) in [6, 6.07) is 0. The van der Waals surface area contributed by atoms with Crippen LogP contribution in [0.15, 0.2) is 5.51 Å². The Morgan fingerprint density at radius 2 is 2.33 bits per heavy atom. The average molecular weight is 268 g/mol. The first-order valence-electron chi connectivity index (χ1n) is 5.90. The zero-order valence-corrected chi connectivity index (χ0v) is 11.3. The standard InChI is InChI=1S/C12H16N2O3S/c1-8-10(18-7-13-8)11(15)14-5-3-4-9(6-14)12(16)17-2/h7,9H,3-6H2,1-2H3. The van der Waals surface area contributed by atoms with E-state index in [4.69, 9.17) is 4.74 Å². The third-order valence-corrected chi connectivity index (χ3v) is 4.10. The molecular formula is C12H16N2O3S. The van der Waals surface area contributed by atoms with Crippen molar-refractivity contribution in [3.63, 3.8) is 0 Å². The number of carbonyl (C=O) groups excluding carboxylic acids is 2. The maximum absolute atomic E-state index is 12.3. The van der Waals surface area contributed by atoms with Crippen molar-refractivity contribution in [3.05, 3.63) is 16.1 Å². The molecular weight excluding hydrogens is 252 g/mol. The summed E-state index contributed by atoms with van der Waals surface area (Å²) in [4.78, 5) is 30.3. The lowest BCUT2D eigenvalue weighted by atomic mass is 9.98. The Morgan fingerprint density at radius 3 is 2.94 bits per heavy atom. The molecule has 98 valence electrons. The molecule has 18 heavy (non-hydrogen) atoms. The molecule has 1 aromatic rings. The molecule has 1 saturated heterocycles. The average Bonchev–Trinajstić information content (AvgIpc) is 2.83. The number of hydrogen-bond acceptors (Lipinski definition) is 5. The number of thiazole rings is 1. The van der Waals surface area contributed by atoms with Crippen molar-refractivity contribution in [3.8, 4) is 0 Å². The molecule has 0 N–H and O–H groups in total. The number of carbonyl (C=O) groups is 2. The van der Waals surface area contributed by atoms with Gasteiger partial charge in [0.1, 0.15) is 4.88 Å². The lowest BCUT2D eigenvalue weighted by Gasteiger charge is -2.31. The number of likely N-dealkylation sites (tertiary alicyclic amines) is 1. The largest absolute Gasteiger partial charge is 0.469 e. The predicted octanol–water partition coefficient (Wildman–Crippen LogP) is 1.48. The van der Waals surface area contributed by atoms with Gasteiger partial charge in [0.2, 0.25) is 0 Å². The van der Waals surface area contributed by atoms with E-state index >= 15 is 0 Å². The van der Waals surface area contributed by atoms with Gasteiger partial charge in [0.15, 0.2) is 0 Å². The second-order valence-corrected chi connectivity index (χ2v) is 5.24. The molecule has 0 aromatic carbocycles. The fourth-order valence-electron chi connectivity index (χ4n) is 2.17. The van der Waals surface area contributed by atoms with E-state index in [1.165, 1.54) is 18.4 Å². The maximum Gasteiger partial charge on any atom is 0.310 e. The van der Waals surface area contributed by atoms with Gasteiger partial charge in [-0.25, -0.2) is 4.98 Å². The first-order chi connectivity index (χ1) is 8.63. The Hall–Kier alpha value is -1.43. The van der Waals surface area contributed by atoms with E-state index in [2.05, 4.69) is 4.98 Å². The number of nitrogens with zero attached hydrogens (tertiary/aromatic N) is 2. The summed E-state index contributed by atoms with van der Waals surface area (Å²) in [6.07, 6.45) is 1.63. The van der Waals surface area contributed by atoms with Crippen LogP contribution in [-0.4, -0.2) is 42.0 Å². The number of esters is 1. The van der Waals surface area contributed by atoms with Gasteiger partial charge in [0, 0.05) is 13.1 Å². The maximum atomic E-state index is 12.3. The van der Waals surface area contributed by atoms with Crippen LogP contribution in [0, 0.1) is 12.8 Å². The topological polar surface area (TPSA) is 59.5 Å². The van der Waals surface area contributed by atoms with Gasteiger partial charge in [-0.3, -0.25) is 9.59 Å². The first-order valence-corrected chi connectivity index (χ1v) is 6.78. The smallest absolute Gasteiger partial charge is 0.310 e. The van der Waals surface area contributed by atoms with Gasteiger partial charge in [0.05, 0.1) is 24.2 Å². The minimum atomic E-state index is -0.228. The summed E-state index contributed by atoms with van der Waals surface area (Å²) in [5.41, 5.74) is 2.43. The van der Waals surface area contributed by atoms with Crippen molar-refractivity contribution in [1.29, 1.82) is 0 Å². The molecule has 1 aromatic heterocycles. The number of amides is 1. The Kier molecular flexibility index (Phi) is 3.96. The molecule has 0 saturated carbocycles. The highest BCUT2D eigenvalue weighted by molar-refractivity contribution is 7.11. The second kappa shape index (κ2) is 5.48. The minimum absolute atomic E-state index is 0.0244. The van der Waals surface area contributed by atoms with Crippen LogP contribution < -0.4 is 0 Å². The fraction of sp³-hybridized carbons (Fsp3) is 0.583. The lowest BCUT2D eigenvalue weighted by molar-refractivity contribution is -0.146.